The average Bonchev–Trinajstić information content (AvgIpc) is 2.99. The van der Waals surface area contributed by atoms with Gasteiger partial charge in [0.2, 0.25) is 0 Å². The fraction of sp³-hybridized carbons (Fsp3) is 1.00. The first kappa shape index (κ1) is 12.3. The summed E-state index contributed by atoms with van der Waals surface area (Å²) < 4.78 is 23.0. The zero-order chi connectivity index (χ0) is 11.8. The van der Waals surface area contributed by atoms with E-state index in [2.05, 4.69) is 5.32 Å². The lowest BCUT2D eigenvalue weighted by atomic mass is 9.95. The van der Waals surface area contributed by atoms with Gasteiger partial charge in [0.15, 0.2) is 9.84 Å². The van der Waals surface area contributed by atoms with E-state index in [0.29, 0.717) is 11.7 Å². The number of sulfone groups is 1. The Balaban J connectivity index is 1.97. The Morgan fingerprint density at radius 2 is 2.06 bits per heavy atom. The van der Waals surface area contributed by atoms with Gasteiger partial charge in [-0.2, -0.15) is 0 Å². The van der Waals surface area contributed by atoms with Crippen molar-refractivity contribution in [3.63, 3.8) is 0 Å². The van der Waals surface area contributed by atoms with E-state index in [1.54, 1.807) is 0 Å². The third-order valence-electron chi connectivity index (χ3n) is 3.80. The van der Waals surface area contributed by atoms with Crippen LogP contribution >= 0.6 is 0 Å². The number of nitrogens with one attached hydrogen (secondary N) is 1. The van der Waals surface area contributed by atoms with Crippen LogP contribution in [0.1, 0.15) is 32.6 Å². The summed E-state index contributed by atoms with van der Waals surface area (Å²) in [4.78, 5) is 0. The van der Waals surface area contributed by atoms with Gasteiger partial charge in [-0.05, 0) is 38.5 Å². The maximum atomic E-state index is 11.5. The molecule has 0 radical (unpaired) electrons. The molecule has 1 saturated heterocycles. The highest BCUT2D eigenvalue weighted by atomic mass is 32.2. The van der Waals surface area contributed by atoms with Gasteiger partial charge in [0.1, 0.15) is 0 Å². The fourth-order valence-corrected chi connectivity index (χ4v) is 4.25. The minimum atomic E-state index is -2.86. The Hall–Kier alpha value is -0.130. The second-order valence-electron chi connectivity index (χ2n) is 5.45. The van der Waals surface area contributed by atoms with Gasteiger partial charge in [-0.25, -0.2) is 8.42 Å². The lowest BCUT2D eigenvalue weighted by Gasteiger charge is -2.35. The second-order valence-corrected chi connectivity index (χ2v) is 7.68. The normalized spacial score (nSPS) is 33.2. The smallest absolute Gasteiger partial charge is 0.151 e. The number of aliphatic hydroxyl groups excluding tert-OH is 1. The van der Waals surface area contributed by atoms with Crippen LogP contribution in [0.4, 0.5) is 0 Å². The van der Waals surface area contributed by atoms with Crippen molar-refractivity contribution in [2.45, 2.75) is 44.2 Å². The molecular weight excluding hydrogens is 226 g/mol. The van der Waals surface area contributed by atoms with Crippen LogP contribution < -0.4 is 5.32 Å². The summed E-state index contributed by atoms with van der Waals surface area (Å²) in [6.07, 6.45) is 3.93. The van der Waals surface area contributed by atoms with Gasteiger partial charge in [-0.1, -0.05) is 0 Å². The van der Waals surface area contributed by atoms with E-state index >= 15 is 0 Å². The molecule has 2 aliphatic rings. The van der Waals surface area contributed by atoms with Crippen molar-refractivity contribution in [2.24, 2.45) is 5.92 Å². The SMILES string of the molecule is CC(CO)(NC1CCCS(=O)(=O)C1)C1CC1. The number of rotatable bonds is 4. The quantitative estimate of drug-likeness (QED) is 0.750. The molecule has 2 rings (SSSR count). The molecule has 1 aliphatic carbocycles. The van der Waals surface area contributed by atoms with Crippen LogP contribution in [-0.2, 0) is 9.84 Å². The molecule has 5 heteroatoms. The van der Waals surface area contributed by atoms with E-state index in [1.165, 1.54) is 0 Å². The summed E-state index contributed by atoms with van der Waals surface area (Å²) >= 11 is 0. The van der Waals surface area contributed by atoms with Crippen molar-refractivity contribution < 1.29 is 13.5 Å². The molecule has 0 amide bonds. The standard InChI is InChI=1S/C11H21NO3S/c1-11(8-13,9-4-5-9)12-10-3-2-6-16(14,15)7-10/h9-10,12-13H,2-8H2,1H3. The van der Waals surface area contributed by atoms with Crippen LogP contribution in [0, 0.1) is 5.92 Å². The second kappa shape index (κ2) is 4.27. The lowest BCUT2D eigenvalue weighted by molar-refractivity contribution is 0.142. The van der Waals surface area contributed by atoms with Crippen molar-refractivity contribution in [1.29, 1.82) is 0 Å². The molecule has 2 atom stereocenters. The van der Waals surface area contributed by atoms with E-state index in [9.17, 15) is 13.5 Å². The Morgan fingerprint density at radius 1 is 1.38 bits per heavy atom. The van der Waals surface area contributed by atoms with E-state index in [-0.39, 0.29) is 23.9 Å². The molecule has 0 aromatic rings. The fourth-order valence-electron chi connectivity index (χ4n) is 2.62. The van der Waals surface area contributed by atoms with E-state index < -0.39 is 9.84 Å². The van der Waals surface area contributed by atoms with Crippen LogP contribution in [0.2, 0.25) is 0 Å². The minimum absolute atomic E-state index is 0.0245. The molecule has 2 unspecified atom stereocenters. The number of hydrogen-bond donors (Lipinski definition) is 2. The molecule has 0 bridgehead atoms. The van der Waals surface area contributed by atoms with Crippen molar-refractivity contribution >= 4 is 9.84 Å². The summed E-state index contributed by atoms with van der Waals surface area (Å²) in [6.45, 7) is 2.10. The van der Waals surface area contributed by atoms with Gasteiger partial charge in [0, 0.05) is 11.6 Å². The monoisotopic (exact) mass is 247 g/mol. The molecule has 2 fully saturated rings. The predicted octanol–water partition coefficient (Wildman–Crippen LogP) is 0.314. The summed E-state index contributed by atoms with van der Waals surface area (Å²) in [5.74, 6) is 1.07. The van der Waals surface area contributed by atoms with Crippen LogP contribution in [0.25, 0.3) is 0 Å². The van der Waals surface area contributed by atoms with Crippen LogP contribution in [0.5, 0.6) is 0 Å². The van der Waals surface area contributed by atoms with Gasteiger partial charge in [0.25, 0.3) is 0 Å². The molecule has 2 N–H and O–H groups in total. The first-order valence-corrected chi connectivity index (χ1v) is 7.86. The number of aliphatic hydroxyl groups is 1. The molecule has 4 nitrogen and oxygen atoms in total. The van der Waals surface area contributed by atoms with E-state index in [1.807, 2.05) is 6.92 Å². The first-order chi connectivity index (χ1) is 7.45. The topological polar surface area (TPSA) is 66.4 Å². The Labute approximate surface area is 97.3 Å². The first-order valence-electron chi connectivity index (χ1n) is 6.04. The Kier molecular flexibility index (Phi) is 3.29. The van der Waals surface area contributed by atoms with Gasteiger partial charge in [-0.3, -0.25) is 0 Å². The van der Waals surface area contributed by atoms with Crippen molar-refractivity contribution in [3.8, 4) is 0 Å². The van der Waals surface area contributed by atoms with Crippen LogP contribution in [0.3, 0.4) is 0 Å². The van der Waals surface area contributed by atoms with Crippen LogP contribution in [-0.4, -0.2) is 43.2 Å². The zero-order valence-corrected chi connectivity index (χ0v) is 10.6. The molecule has 16 heavy (non-hydrogen) atoms. The van der Waals surface area contributed by atoms with E-state index in [0.717, 1.165) is 25.7 Å². The maximum absolute atomic E-state index is 11.5. The largest absolute Gasteiger partial charge is 0.394 e. The lowest BCUT2D eigenvalue weighted by Crippen LogP contribution is -2.55. The molecular formula is C11H21NO3S. The molecule has 1 saturated carbocycles. The highest BCUT2D eigenvalue weighted by Gasteiger charge is 2.43. The third kappa shape index (κ3) is 2.76. The van der Waals surface area contributed by atoms with Crippen molar-refractivity contribution in [3.05, 3.63) is 0 Å². The minimum Gasteiger partial charge on any atom is -0.394 e. The maximum Gasteiger partial charge on any atom is 0.151 e. The van der Waals surface area contributed by atoms with Crippen molar-refractivity contribution in [1.82, 2.24) is 5.32 Å². The molecule has 0 spiro atoms. The Bertz CT molecular complexity index is 350. The highest BCUT2D eigenvalue weighted by Crippen LogP contribution is 2.39. The third-order valence-corrected chi connectivity index (χ3v) is 5.62. The average molecular weight is 247 g/mol. The van der Waals surface area contributed by atoms with E-state index in [4.69, 9.17) is 0 Å². The summed E-state index contributed by atoms with van der Waals surface area (Å²) in [6, 6.07) is 0.0245. The molecule has 1 heterocycles. The summed E-state index contributed by atoms with van der Waals surface area (Å²) in [5, 5.41) is 12.8. The van der Waals surface area contributed by atoms with Gasteiger partial charge >= 0.3 is 0 Å². The van der Waals surface area contributed by atoms with Gasteiger partial charge in [-0.15, -0.1) is 0 Å². The summed E-state index contributed by atoms with van der Waals surface area (Å²) in [7, 11) is -2.86. The molecule has 0 aromatic heterocycles. The molecule has 1 aliphatic heterocycles. The Morgan fingerprint density at radius 3 is 2.56 bits per heavy atom. The summed E-state index contributed by atoms with van der Waals surface area (Å²) in [5.41, 5.74) is -0.280. The highest BCUT2D eigenvalue weighted by molar-refractivity contribution is 7.91. The molecule has 0 aromatic carbocycles. The zero-order valence-electron chi connectivity index (χ0n) is 9.78. The van der Waals surface area contributed by atoms with Crippen molar-refractivity contribution in [2.75, 3.05) is 18.1 Å². The van der Waals surface area contributed by atoms with Gasteiger partial charge < -0.3 is 10.4 Å². The van der Waals surface area contributed by atoms with Gasteiger partial charge in [0.05, 0.1) is 18.1 Å². The molecule has 94 valence electrons. The van der Waals surface area contributed by atoms with Crippen LogP contribution in [0.15, 0.2) is 0 Å². The predicted molar refractivity (Wildman–Crippen MR) is 63.0 cm³/mol. The number of hydrogen-bond acceptors (Lipinski definition) is 4.